The molecular weight excluding hydrogens is 214 g/mol. The Hall–Kier alpha value is -1.22. The minimum atomic E-state index is 0.198. The summed E-state index contributed by atoms with van der Waals surface area (Å²) in [7, 11) is 0. The summed E-state index contributed by atoms with van der Waals surface area (Å²) in [5.74, 6) is 1.84. The highest BCUT2D eigenvalue weighted by molar-refractivity contribution is 5.45. The first-order chi connectivity index (χ1) is 8.20. The van der Waals surface area contributed by atoms with E-state index in [9.17, 15) is 0 Å². The lowest BCUT2D eigenvalue weighted by atomic mass is 10.1. The maximum Gasteiger partial charge on any atom is 0.128 e. The molecule has 94 valence electrons. The molecule has 0 aromatic heterocycles. The number of nitrogens with one attached hydrogen (secondary N) is 1. The molecule has 0 saturated heterocycles. The van der Waals surface area contributed by atoms with E-state index in [1.807, 2.05) is 26.0 Å². The van der Waals surface area contributed by atoms with Gasteiger partial charge in [0.25, 0.3) is 0 Å². The minimum Gasteiger partial charge on any atom is -0.491 e. The molecule has 1 heterocycles. The van der Waals surface area contributed by atoms with Gasteiger partial charge in [0.2, 0.25) is 0 Å². The average molecular weight is 235 g/mol. The van der Waals surface area contributed by atoms with Crippen molar-refractivity contribution in [2.24, 2.45) is 0 Å². The van der Waals surface area contributed by atoms with E-state index in [4.69, 9.17) is 9.47 Å². The molecule has 3 nitrogen and oxygen atoms in total. The van der Waals surface area contributed by atoms with E-state index in [0.29, 0.717) is 6.04 Å². The second-order valence-corrected chi connectivity index (χ2v) is 4.68. The molecule has 17 heavy (non-hydrogen) atoms. The van der Waals surface area contributed by atoms with Gasteiger partial charge < -0.3 is 14.8 Å². The highest BCUT2D eigenvalue weighted by atomic mass is 16.5. The first-order valence-electron chi connectivity index (χ1n) is 6.37. The topological polar surface area (TPSA) is 30.5 Å². The van der Waals surface area contributed by atoms with Crippen molar-refractivity contribution in [1.29, 1.82) is 0 Å². The van der Waals surface area contributed by atoms with Crippen LogP contribution in [0.25, 0.3) is 0 Å². The fraction of sp³-hybridized carbons (Fsp3) is 0.571. The summed E-state index contributed by atoms with van der Waals surface area (Å²) in [6, 6.07) is 6.45. The number of hydrogen-bond acceptors (Lipinski definition) is 3. The molecule has 0 bridgehead atoms. The molecule has 1 aliphatic heterocycles. The molecule has 0 amide bonds. The fourth-order valence-corrected chi connectivity index (χ4v) is 2.02. The van der Waals surface area contributed by atoms with Gasteiger partial charge in [-0.1, -0.05) is 6.92 Å². The van der Waals surface area contributed by atoms with Crippen LogP contribution in [0.3, 0.4) is 0 Å². The Balaban J connectivity index is 2.08. The molecule has 2 rings (SSSR count). The molecule has 1 unspecified atom stereocenters. The zero-order valence-corrected chi connectivity index (χ0v) is 10.8. The van der Waals surface area contributed by atoms with Gasteiger partial charge in [-0.15, -0.1) is 0 Å². The quantitative estimate of drug-likeness (QED) is 0.851. The summed E-state index contributed by atoms with van der Waals surface area (Å²) in [6.45, 7) is 7.97. The van der Waals surface area contributed by atoms with Gasteiger partial charge in [-0.3, -0.25) is 0 Å². The van der Waals surface area contributed by atoms with Gasteiger partial charge in [0.05, 0.1) is 12.1 Å². The fourth-order valence-electron chi connectivity index (χ4n) is 2.02. The van der Waals surface area contributed by atoms with Crippen LogP contribution in [0.5, 0.6) is 11.5 Å². The Morgan fingerprint density at radius 1 is 1.47 bits per heavy atom. The van der Waals surface area contributed by atoms with E-state index < -0.39 is 0 Å². The number of fused-ring (bicyclic) bond motifs is 1. The highest BCUT2D eigenvalue weighted by Gasteiger charge is 2.23. The summed E-state index contributed by atoms with van der Waals surface area (Å²) >= 11 is 0. The molecule has 1 aromatic carbocycles. The van der Waals surface area contributed by atoms with Crippen molar-refractivity contribution in [2.45, 2.75) is 39.3 Å². The first-order valence-corrected chi connectivity index (χ1v) is 6.37. The Kier molecular flexibility index (Phi) is 3.89. The second kappa shape index (κ2) is 5.41. The van der Waals surface area contributed by atoms with Crippen LogP contribution < -0.4 is 14.8 Å². The Morgan fingerprint density at radius 2 is 2.29 bits per heavy atom. The molecule has 3 heteroatoms. The van der Waals surface area contributed by atoms with E-state index >= 15 is 0 Å². The van der Waals surface area contributed by atoms with E-state index in [1.54, 1.807) is 0 Å². The molecule has 0 radical (unpaired) electrons. The summed E-state index contributed by atoms with van der Waals surface area (Å²) in [6.07, 6.45) is 1.34. The van der Waals surface area contributed by atoms with Crippen LogP contribution in [0, 0.1) is 0 Å². The van der Waals surface area contributed by atoms with Gasteiger partial charge in [-0.25, -0.2) is 0 Å². The van der Waals surface area contributed by atoms with Crippen molar-refractivity contribution >= 4 is 0 Å². The van der Waals surface area contributed by atoms with Crippen LogP contribution >= 0.6 is 0 Å². The summed E-state index contributed by atoms with van der Waals surface area (Å²) in [5, 5.41) is 3.48. The van der Waals surface area contributed by atoms with Crippen LogP contribution in [0.4, 0.5) is 0 Å². The van der Waals surface area contributed by atoms with Crippen molar-refractivity contribution in [3.05, 3.63) is 23.8 Å². The third kappa shape index (κ3) is 2.91. The first kappa shape index (κ1) is 12.2. The molecule has 1 aromatic rings. The number of ether oxygens (including phenoxy) is 2. The normalized spacial score (nSPS) is 18.0. The Bertz CT molecular complexity index is 376. The van der Waals surface area contributed by atoms with Crippen molar-refractivity contribution in [2.75, 3.05) is 13.2 Å². The highest BCUT2D eigenvalue weighted by Crippen LogP contribution is 2.35. The monoisotopic (exact) mass is 235 g/mol. The van der Waals surface area contributed by atoms with Gasteiger partial charge in [0, 0.05) is 11.6 Å². The predicted octanol–water partition coefficient (Wildman–Crippen LogP) is 2.91. The van der Waals surface area contributed by atoms with Crippen LogP contribution in [0.1, 0.15) is 38.8 Å². The number of hydrogen-bond donors (Lipinski definition) is 1. The molecule has 0 spiro atoms. The SMILES string of the molecule is CCCNC1COc2cc(OC(C)C)ccc21. The summed E-state index contributed by atoms with van der Waals surface area (Å²) in [5.41, 5.74) is 1.24. The third-order valence-electron chi connectivity index (χ3n) is 2.78. The van der Waals surface area contributed by atoms with Crippen LogP contribution in [-0.2, 0) is 0 Å². The molecule has 1 atom stereocenters. The van der Waals surface area contributed by atoms with Crippen molar-refractivity contribution < 1.29 is 9.47 Å². The van der Waals surface area contributed by atoms with Crippen molar-refractivity contribution in [3.8, 4) is 11.5 Å². The van der Waals surface area contributed by atoms with Crippen molar-refractivity contribution in [1.82, 2.24) is 5.32 Å². The smallest absolute Gasteiger partial charge is 0.128 e. The van der Waals surface area contributed by atoms with Crippen LogP contribution in [-0.4, -0.2) is 19.3 Å². The average Bonchev–Trinajstić information content (AvgIpc) is 2.68. The Morgan fingerprint density at radius 3 is 3.00 bits per heavy atom. The van der Waals surface area contributed by atoms with E-state index in [-0.39, 0.29) is 6.10 Å². The van der Waals surface area contributed by atoms with Crippen molar-refractivity contribution in [3.63, 3.8) is 0 Å². The number of benzene rings is 1. The van der Waals surface area contributed by atoms with Gasteiger partial charge in [0.1, 0.15) is 18.1 Å². The molecule has 0 aliphatic carbocycles. The zero-order chi connectivity index (χ0) is 12.3. The van der Waals surface area contributed by atoms with Gasteiger partial charge >= 0.3 is 0 Å². The largest absolute Gasteiger partial charge is 0.491 e. The van der Waals surface area contributed by atoms with Gasteiger partial charge in [0.15, 0.2) is 0 Å². The Labute approximate surface area is 103 Å². The maximum atomic E-state index is 5.69. The van der Waals surface area contributed by atoms with E-state index in [2.05, 4.69) is 18.3 Å². The summed E-state index contributed by atoms with van der Waals surface area (Å²) in [4.78, 5) is 0. The van der Waals surface area contributed by atoms with E-state index in [1.165, 1.54) is 5.56 Å². The van der Waals surface area contributed by atoms with Crippen LogP contribution in [0.15, 0.2) is 18.2 Å². The van der Waals surface area contributed by atoms with Gasteiger partial charge in [-0.05, 0) is 38.9 Å². The number of rotatable bonds is 5. The lowest BCUT2D eigenvalue weighted by Crippen LogP contribution is -2.22. The maximum absolute atomic E-state index is 5.69. The molecule has 1 aliphatic rings. The molecule has 1 N–H and O–H groups in total. The molecule has 0 saturated carbocycles. The zero-order valence-electron chi connectivity index (χ0n) is 10.8. The summed E-state index contributed by atoms with van der Waals surface area (Å²) < 4.78 is 11.3. The molecular formula is C14H21NO2. The second-order valence-electron chi connectivity index (χ2n) is 4.68. The lowest BCUT2D eigenvalue weighted by Gasteiger charge is -2.12. The predicted molar refractivity (Wildman–Crippen MR) is 68.7 cm³/mol. The van der Waals surface area contributed by atoms with Crippen LogP contribution in [0.2, 0.25) is 0 Å². The minimum absolute atomic E-state index is 0.198. The lowest BCUT2D eigenvalue weighted by molar-refractivity contribution is 0.241. The third-order valence-corrected chi connectivity index (χ3v) is 2.78. The van der Waals surface area contributed by atoms with Gasteiger partial charge in [-0.2, -0.15) is 0 Å². The van der Waals surface area contributed by atoms with E-state index in [0.717, 1.165) is 31.1 Å². The standard InChI is InChI=1S/C14H21NO2/c1-4-7-15-13-9-16-14-8-11(17-10(2)3)5-6-12(13)14/h5-6,8,10,13,15H,4,7,9H2,1-3H3. The molecule has 0 fully saturated rings.